The van der Waals surface area contributed by atoms with Crippen LogP contribution in [-0.4, -0.2) is 59.9 Å². The molecule has 0 bridgehead atoms. The van der Waals surface area contributed by atoms with Gasteiger partial charge >= 0.3 is 0 Å². The smallest absolute Gasteiger partial charge is 0.253 e. The Kier molecular flexibility index (Phi) is 5.08. The van der Waals surface area contributed by atoms with Crippen molar-refractivity contribution in [1.82, 2.24) is 4.90 Å². The zero-order chi connectivity index (χ0) is 16.3. The van der Waals surface area contributed by atoms with E-state index in [0.29, 0.717) is 13.1 Å². The molecule has 1 atom stereocenters. The molecule has 1 aromatic rings. The maximum Gasteiger partial charge on any atom is 0.253 e. The lowest BCUT2D eigenvalue weighted by Crippen LogP contribution is -2.52. The SMILES string of the molecule is CC(C)(C)c1ccccc1N1CCN(C(=O)C(O)CO)CC1. The maximum absolute atomic E-state index is 11.9. The lowest BCUT2D eigenvalue weighted by atomic mass is 9.85. The number of rotatable bonds is 3. The predicted molar refractivity (Wildman–Crippen MR) is 87.0 cm³/mol. The molecule has 1 aliphatic rings. The molecule has 1 aliphatic heterocycles. The normalized spacial score (nSPS) is 17.5. The summed E-state index contributed by atoms with van der Waals surface area (Å²) < 4.78 is 0. The minimum absolute atomic E-state index is 0.0661. The number of carbonyl (C=O) groups excluding carboxylic acids is 1. The molecule has 22 heavy (non-hydrogen) atoms. The summed E-state index contributed by atoms with van der Waals surface area (Å²) in [7, 11) is 0. The summed E-state index contributed by atoms with van der Waals surface area (Å²) >= 11 is 0. The summed E-state index contributed by atoms with van der Waals surface area (Å²) in [4.78, 5) is 15.8. The number of benzene rings is 1. The van der Waals surface area contributed by atoms with E-state index in [1.54, 1.807) is 4.90 Å². The zero-order valence-electron chi connectivity index (χ0n) is 13.6. The van der Waals surface area contributed by atoms with Crippen LogP contribution in [0.1, 0.15) is 26.3 Å². The molecule has 0 saturated carbocycles. The number of aliphatic hydroxyl groups excluding tert-OH is 2. The highest BCUT2D eigenvalue weighted by atomic mass is 16.3. The highest BCUT2D eigenvalue weighted by Gasteiger charge is 2.27. The van der Waals surface area contributed by atoms with Crippen molar-refractivity contribution in [2.24, 2.45) is 0 Å². The third-order valence-electron chi connectivity index (χ3n) is 4.10. The second-order valence-corrected chi connectivity index (χ2v) is 6.78. The van der Waals surface area contributed by atoms with Crippen molar-refractivity contribution in [1.29, 1.82) is 0 Å². The van der Waals surface area contributed by atoms with E-state index in [9.17, 15) is 9.90 Å². The van der Waals surface area contributed by atoms with Crippen molar-refractivity contribution in [3.63, 3.8) is 0 Å². The summed E-state index contributed by atoms with van der Waals surface area (Å²) in [6, 6.07) is 8.38. The van der Waals surface area contributed by atoms with Gasteiger partial charge < -0.3 is 20.0 Å². The average molecular weight is 306 g/mol. The molecule has 5 heteroatoms. The fourth-order valence-corrected chi connectivity index (χ4v) is 2.84. The van der Waals surface area contributed by atoms with Crippen LogP contribution in [0.5, 0.6) is 0 Å². The Labute approximate surface area is 132 Å². The first-order valence-electron chi connectivity index (χ1n) is 7.76. The van der Waals surface area contributed by atoms with Crippen molar-refractivity contribution in [2.45, 2.75) is 32.3 Å². The molecule has 122 valence electrons. The van der Waals surface area contributed by atoms with Crippen LogP contribution in [0.2, 0.25) is 0 Å². The lowest BCUT2D eigenvalue weighted by molar-refractivity contribution is -0.142. The van der Waals surface area contributed by atoms with Gasteiger partial charge in [-0.3, -0.25) is 4.79 Å². The number of aliphatic hydroxyl groups is 2. The van der Waals surface area contributed by atoms with Crippen LogP contribution < -0.4 is 4.90 Å². The largest absolute Gasteiger partial charge is 0.393 e. The fraction of sp³-hybridized carbons (Fsp3) is 0.588. The number of hydrogen-bond acceptors (Lipinski definition) is 4. The summed E-state index contributed by atoms with van der Waals surface area (Å²) in [6.07, 6.45) is -1.30. The minimum Gasteiger partial charge on any atom is -0.393 e. The van der Waals surface area contributed by atoms with Gasteiger partial charge in [-0.15, -0.1) is 0 Å². The highest BCUT2D eigenvalue weighted by Crippen LogP contribution is 2.32. The first-order valence-corrected chi connectivity index (χ1v) is 7.76. The van der Waals surface area contributed by atoms with Crippen molar-refractivity contribution < 1.29 is 15.0 Å². The monoisotopic (exact) mass is 306 g/mol. The van der Waals surface area contributed by atoms with Gasteiger partial charge in [-0.1, -0.05) is 39.0 Å². The van der Waals surface area contributed by atoms with Crippen LogP contribution in [-0.2, 0) is 10.2 Å². The summed E-state index contributed by atoms with van der Waals surface area (Å²) in [5.41, 5.74) is 2.58. The van der Waals surface area contributed by atoms with Gasteiger partial charge in [-0.05, 0) is 17.0 Å². The second-order valence-electron chi connectivity index (χ2n) is 6.78. The van der Waals surface area contributed by atoms with E-state index in [0.717, 1.165) is 13.1 Å². The van der Waals surface area contributed by atoms with Gasteiger partial charge in [-0.2, -0.15) is 0 Å². The Bertz CT molecular complexity index is 517. The van der Waals surface area contributed by atoms with Crippen molar-refractivity contribution in [2.75, 3.05) is 37.7 Å². The standard InChI is InChI=1S/C17H26N2O3/c1-17(2,3)13-6-4-5-7-14(13)18-8-10-19(11-9-18)16(22)15(21)12-20/h4-7,15,20-21H,8-12H2,1-3H3. The average Bonchev–Trinajstić information content (AvgIpc) is 2.52. The molecule has 5 nitrogen and oxygen atoms in total. The van der Waals surface area contributed by atoms with Gasteiger partial charge in [0.2, 0.25) is 0 Å². The van der Waals surface area contributed by atoms with Crippen LogP contribution >= 0.6 is 0 Å². The van der Waals surface area contributed by atoms with Crippen molar-refractivity contribution in [3.8, 4) is 0 Å². The predicted octanol–water partition coefficient (Wildman–Crippen LogP) is 0.986. The van der Waals surface area contributed by atoms with Gasteiger partial charge in [0.15, 0.2) is 6.10 Å². The van der Waals surface area contributed by atoms with Crippen molar-refractivity contribution in [3.05, 3.63) is 29.8 Å². The molecule has 0 spiro atoms. The van der Waals surface area contributed by atoms with Gasteiger partial charge in [0.25, 0.3) is 5.91 Å². The van der Waals surface area contributed by atoms with Crippen molar-refractivity contribution >= 4 is 11.6 Å². The number of nitrogens with zero attached hydrogens (tertiary/aromatic N) is 2. The topological polar surface area (TPSA) is 64.0 Å². The van der Waals surface area contributed by atoms with E-state index in [4.69, 9.17) is 5.11 Å². The maximum atomic E-state index is 11.9. The molecule has 1 amide bonds. The highest BCUT2D eigenvalue weighted by molar-refractivity contribution is 5.81. The summed E-state index contributed by atoms with van der Waals surface area (Å²) in [5, 5.41) is 18.3. The number of piperazine rings is 1. The molecule has 0 aliphatic carbocycles. The quantitative estimate of drug-likeness (QED) is 0.874. The van der Waals surface area contributed by atoms with Gasteiger partial charge in [0.05, 0.1) is 6.61 Å². The molecule has 2 N–H and O–H groups in total. The summed E-state index contributed by atoms with van der Waals surface area (Å²) in [5.74, 6) is -0.383. The van der Waals surface area contributed by atoms with Gasteiger partial charge in [0.1, 0.15) is 0 Å². The Morgan fingerprint density at radius 2 is 1.77 bits per heavy atom. The number of carbonyl (C=O) groups is 1. The molecular formula is C17H26N2O3. The van der Waals surface area contributed by atoms with Crippen LogP contribution in [0, 0.1) is 0 Å². The lowest BCUT2D eigenvalue weighted by Gasteiger charge is -2.39. The first-order chi connectivity index (χ1) is 10.3. The molecule has 0 radical (unpaired) electrons. The van der Waals surface area contributed by atoms with Crippen LogP contribution in [0.3, 0.4) is 0 Å². The zero-order valence-corrected chi connectivity index (χ0v) is 13.6. The molecule has 0 aromatic heterocycles. The molecule has 1 unspecified atom stereocenters. The second kappa shape index (κ2) is 6.67. The Hall–Kier alpha value is -1.59. The van der Waals surface area contributed by atoms with E-state index in [-0.39, 0.29) is 11.3 Å². The molecule has 1 saturated heterocycles. The van der Waals surface area contributed by atoms with E-state index in [2.05, 4.69) is 43.9 Å². The number of amides is 1. The molecular weight excluding hydrogens is 280 g/mol. The molecule has 1 heterocycles. The third-order valence-corrected chi connectivity index (χ3v) is 4.10. The fourth-order valence-electron chi connectivity index (χ4n) is 2.84. The van der Waals surface area contributed by atoms with Crippen LogP contribution in [0.15, 0.2) is 24.3 Å². The Morgan fingerprint density at radius 3 is 2.32 bits per heavy atom. The van der Waals surface area contributed by atoms with Crippen LogP contribution in [0.4, 0.5) is 5.69 Å². The minimum atomic E-state index is -1.30. The van der Waals surface area contributed by atoms with E-state index in [1.165, 1.54) is 11.3 Å². The third kappa shape index (κ3) is 3.59. The molecule has 2 rings (SSSR count). The van der Waals surface area contributed by atoms with E-state index >= 15 is 0 Å². The first kappa shape index (κ1) is 16.8. The van der Waals surface area contributed by atoms with Gasteiger partial charge in [0, 0.05) is 31.9 Å². The van der Waals surface area contributed by atoms with E-state index < -0.39 is 12.7 Å². The molecule has 1 fully saturated rings. The number of hydrogen-bond donors (Lipinski definition) is 2. The van der Waals surface area contributed by atoms with Gasteiger partial charge in [-0.25, -0.2) is 0 Å². The van der Waals surface area contributed by atoms with Crippen LogP contribution in [0.25, 0.3) is 0 Å². The number of para-hydroxylation sites is 1. The Balaban J connectivity index is 2.08. The van der Waals surface area contributed by atoms with E-state index in [1.807, 2.05) is 6.07 Å². The Morgan fingerprint density at radius 1 is 1.18 bits per heavy atom. The summed E-state index contributed by atoms with van der Waals surface area (Å²) in [6.45, 7) is 8.66. The number of anilines is 1. The molecule has 1 aromatic carbocycles.